The number of fused-ring (bicyclic) bond motifs is 2. The van der Waals surface area contributed by atoms with Crippen molar-refractivity contribution in [3.8, 4) is 11.5 Å². The number of carbonyl (C=O) groups is 2. The number of aryl methyl sites for hydroxylation is 1. The first-order valence-electron chi connectivity index (χ1n) is 13.6. The maximum atomic E-state index is 12.9. The van der Waals surface area contributed by atoms with Crippen molar-refractivity contribution in [2.45, 2.75) is 32.7 Å². The van der Waals surface area contributed by atoms with Crippen LogP contribution in [0.2, 0.25) is 0 Å². The molecule has 0 saturated heterocycles. The monoisotopic (exact) mass is 535 g/mol. The van der Waals surface area contributed by atoms with Gasteiger partial charge >= 0.3 is 5.97 Å². The molecule has 0 radical (unpaired) electrons. The predicted molar refractivity (Wildman–Crippen MR) is 157 cm³/mol. The Morgan fingerprint density at radius 2 is 1.60 bits per heavy atom. The summed E-state index contributed by atoms with van der Waals surface area (Å²) in [6, 6.07) is 27.2. The molecule has 0 aliphatic carbocycles. The molecule has 1 heterocycles. The maximum absolute atomic E-state index is 12.9. The molecule has 5 rings (SSSR count). The predicted octanol–water partition coefficient (Wildman–Crippen LogP) is 7.00. The van der Waals surface area contributed by atoms with E-state index in [4.69, 9.17) is 14.2 Å². The number of hydrogen-bond acceptors (Lipinski definition) is 5. The molecule has 0 N–H and O–H groups in total. The van der Waals surface area contributed by atoms with Gasteiger partial charge in [0.15, 0.2) is 5.78 Å². The molecule has 0 atom stereocenters. The van der Waals surface area contributed by atoms with Crippen molar-refractivity contribution in [2.24, 2.45) is 0 Å². The van der Waals surface area contributed by atoms with Crippen LogP contribution in [-0.4, -0.2) is 36.6 Å². The molecule has 0 spiro atoms. The fourth-order valence-electron chi connectivity index (χ4n) is 4.94. The van der Waals surface area contributed by atoms with Crippen LogP contribution in [0.4, 0.5) is 0 Å². The van der Waals surface area contributed by atoms with Crippen LogP contribution in [0, 0.1) is 0 Å². The number of ketones is 1. The summed E-state index contributed by atoms with van der Waals surface area (Å²) in [5.74, 6) is 1.35. The minimum absolute atomic E-state index is 0.0238. The first-order chi connectivity index (χ1) is 19.6. The van der Waals surface area contributed by atoms with E-state index in [1.807, 2.05) is 95.7 Å². The lowest BCUT2D eigenvalue weighted by Gasteiger charge is -2.15. The molecule has 204 valence electrons. The van der Waals surface area contributed by atoms with E-state index < -0.39 is 0 Å². The topological polar surface area (TPSA) is 66.8 Å². The van der Waals surface area contributed by atoms with E-state index in [2.05, 4.69) is 6.92 Å². The normalized spacial score (nSPS) is 11.1. The van der Waals surface area contributed by atoms with E-state index in [0.29, 0.717) is 24.3 Å². The van der Waals surface area contributed by atoms with Crippen molar-refractivity contribution < 1.29 is 23.8 Å². The van der Waals surface area contributed by atoms with Crippen LogP contribution in [0.1, 0.15) is 41.3 Å². The number of esters is 1. The molecule has 40 heavy (non-hydrogen) atoms. The smallest absolute Gasteiger partial charge is 0.325 e. The molecule has 0 fully saturated rings. The summed E-state index contributed by atoms with van der Waals surface area (Å²) < 4.78 is 18.8. The van der Waals surface area contributed by atoms with Gasteiger partial charge in [0.1, 0.15) is 18.0 Å². The lowest BCUT2D eigenvalue weighted by Crippen LogP contribution is -2.10. The van der Waals surface area contributed by atoms with E-state index in [-0.39, 0.29) is 18.3 Å². The van der Waals surface area contributed by atoms with Gasteiger partial charge in [-0.15, -0.1) is 0 Å². The van der Waals surface area contributed by atoms with Gasteiger partial charge in [-0.3, -0.25) is 9.59 Å². The Bertz CT molecular complexity index is 1640. The summed E-state index contributed by atoms with van der Waals surface area (Å²) in [4.78, 5) is 24.6. The minimum atomic E-state index is -0.293. The largest absolute Gasteiger partial charge is 0.493 e. The lowest BCUT2D eigenvalue weighted by molar-refractivity contribution is -0.141. The highest BCUT2D eigenvalue weighted by atomic mass is 16.5. The molecule has 0 bridgehead atoms. The number of hydrogen-bond donors (Lipinski definition) is 0. The molecule has 6 nitrogen and oxygen atoms in total. The van der Waals surface area contributed by atoms with Crippen LogP contribution in [0.15, 0.2) is 91.1 Å². The fourth-order valence-corrected chi connectivity index (χ4v) is 4.94. The Hall–Kier alpha value is -4.58. The molecule has 0 unspecified atom stereocenters. The second kappa shape index (κ2) is 12.5. The van der Waals surface area contributed by atoms with Crippen molar-refractivity contribution in [2.75, 3.05) is 20.3 Å². The zero-order valence-electron chi connectivity index (χ0n) is 22.9. The first kappa shape index (κ1) is 27.0. The Balaban J connectivity index is 1.22. The first-order valence-corrected chi connectivity index (χ1v) is 13.6. The van der Waals surface area contributed by atoms with E-state index in [1.165, 1.54) is 7.11 Å². The molecule has 1 aromatic heterocycles. The zero-order chi connectivity index (χ0) is 27.9. The average molecular weight is 536 g/mol. The van der Waals surface area contributed by atoms with Crippen molar-refractivity contribution in [3.63, 3.8) is 0 Å². The summed E-state index contributed by atoms with van der Waals surface area (Å²) in [6.45, 7) is 3.34. The third-order valence-electron chi connectivity index (χ3n) is 6.97. The Morgan fingerprint density at radius 1 is 0.800 bits per heavy atom. The highest BCUT2D eigenvalue weighted by molar-refractivity contribution is 6.10. The quantitative estimate of drug-likeness (QED) is 0.0978. The summed E-state index contributed by atoms with van der Waals surface area (Å²) in [6.07, 6.45) is 4.47. The number of rotatable bonds is 12. The molecule has 0 saturated carbocycles. The lowest BCUT2D eigenvalue weighted by atomic mass is 9.95. The van der Waals surface area contributed by atoms with E-state index in [9.17, 15) is 9.59 Å². The molecule has 4 aromatic carbocycles. The molecule has 0 aliphatic heterocycles. The number of methoxy groups -OCH3 is 1. The van der Waals surface area contributed by atoms with Gasteiger partial charge in [0.25, 0.3) is 0 Å². The van der Waals surface area contributed by atoms with Gasteiger partial charge in [0, 0.05) is 35.4 Å². The molecule has 0 amide bonds. The molecule has 5 aromatic rings. The zero-order valence-corrected chi connectivity index (χ0v) is 22.9. The van der Waals surface area contributed by atoms with Crippen LogP contribution < -0.4 is 9.47 Å². The third-order valence-corrected chi connectivity index (χ3v) is 6.97. The highest BCUT2D eigenvalue weighted by Crippen LogP contribution is 2.31. The van der Waals surface area contributed by atoms with Crippen molar-refractivity contribution in [1.29, 1.82) is 0 Å². The SMILES string of the molecule is CCCc1c(OCCCOc2ccc3ccn(CC(=O)OC)c3c2)ccc2cc(C(=O)c3ccccc3)ccc12. The van der Waals surface area contributed by atoms with Gasteiger partial charge in [0.2, 0.25) is 0 Å². The van der Waals surface area contributed by atoms with Gasteiger partial charge in [-0.1, -0.05) is 61.9 Å². The van der Waals surface area contributed by atoms with Gasteiger partial charge in [0.05, 0.1) is 25.8 Å². The summed E-state index contributed by atoms with van der Waals surface area (Å²) in [5.41, 5.74) is 3.46. The van der Waals surface area contributed by atoms with E-state index >= 15 is 0 Å². The van der Waals surface area contributed by atoms with Crippen molar-refractivity contribution in [1.82, 2.24) is 4.57 Å². The summed E-state index contributed by atoms with van der Waals surface area (Å²) >= 11 is 0. The summed E-state index contributed by atoms with van der Waals surface area (Å²) in [5, 5.41) is 3.19. The number of ether oxygens (including phenoxy) is 3. The van der Waals surface area contributed by atoms with Crippen LogP contribution >= 0.6 is 0 Å². The van der Waals surface area contributed by atoms with E-state index in [0.717, 1.165) is 58.0 Å². The van der Waals surface area contributed by atoms with Crippen LogP contribution in [0.5, 0.6) is 11.5 Å². The molecule has 6 heteroatoms. The van der Waals surface area contributed by atoms with Crippen LogP contribution in [0.3, 0.4) is 0 Å². The Morgan fingerprint density at radius 3 is 2.40 bits per heavy atom. The van der Waals surface area contributed by atoms with Crippen LogP contribution in [0.25, 0.3) is 21.7 Å². The van der Waals surface area contributed by atoms with Crippen molar-refractivity contribution >= 4 is 33.4 Å². The Labute approximate surface area is 234 Å². The molecular weight excluding hydrogens is 502 g/mol. The molecule has 0 aliphatic rings. The van der Waals surface area contributed by atoms with Gasteiger partial charge in [-0.05, 0) is 52.9 Å². The van der Waals surface area contributed by atoms with E-state index in [1.54, 1.807) is 0 Å². The van der Waals surface area contributed by atoms with Crippen LogP contribution in [-0.2, 0) is 22.5 Å². The number of benzene rings is 4. The fraction of sp³-hybridized carbons (Fsp3) is 0.235. The minimum Gasteiger partial charge on any atom is -0.493 e. The van der Waals surface area contributed by atoms with Gasteiger partial charge in [-0.2, -0.15) is 0 Å². The summed E-state index contributed by atoms with van der Waals surface area (Å²) in [7, 11) is 1.39. The number of carbonyl (C=O) groups excluding carboxylic acids is 2. The number of aromatic nitrogens is 1. The molecular formula is C34H33NO5. The van der Waals surface area contributed by atoms with Crippen molar-refractivity contribution in [3.05, 3.63) is 108 Å². The second-order valence-corrected chi connectivity index (χ2v) is 9.71. The van der Waals surface area contributed by atoms with Gasteiger partial charge in [-0.25, -0.2) is 0 Å². The van der Waals surface area contributed by atoms with Gasteiger partial charge < -0.3 is 18.8 Å². The third kappa shape index (κ3) is 6.01. The highest BCUT2D eigenvalue weighted by Gasteiger charge is 2.13. The average Bonchev–Trinajstić information content (AvgIpc) is 3.39. The maximum Gasteiger partial charge on any atom is 0.325 e. The standard InChI is InChI=1S/C34H33NO5/c1-3-8-30-29-15-12-27(34(37)25-9-5-4-6-10-25)21-26(29)13-16-32(30)40-20-7-19-39-28-14-11-24-17-18-35(31(24)22-28)23-33(36)38-2/h4-6,9-18,21-22H,3,7-8,19-20,23H2,1-2H3. The number of nitrogens with zero attached hydrogens (tertiary/aromatic N) is 1. The Kier molecular flexibility index (Phi) is 8.45. The second-order valence-electron chi connectivity index (χ2n) is 9.71.